The molecule has 0 aliphatic carbocycles. The fourth-order valence-corrected chi connectivity index (χ4v) is 2.72. The van der Waals surface area contributed by atoms with E-state index in [-0.39, 0.29) is 17.5 Å². The fraction of sp³-hybridized carbons (Fsp3) is 0.533. The summed E-state index contributed by atoms with van der Waals surface area (Å²) in [5, 5.41) is 0. The van der Waals surface area contributed by atoms with Crippen molar-refractivity contribution in [1.82, 2.24) is 0 Å². The van der Waals surface area contributed by atoms with E-state index in [1.807, 2.05) is 12.3 Å². The SMILES string of the molecule is CSCC(=O)OC(C)c1c(F)cccc1N1CCOCC1. The van der Waals surface area contributed by atoms with E-state index in [2.05, 4.69) is 4.90 Å². The molecule has 4 nitrogen and oxygen atoms in total. The zero-order valence-electron chi connectivity index (χ0n) is 12.3. The number of hydrogen-bond donors (Lipinski definition) is 0. The predicted octanol–water partition coefficient (Wildman–Crippen LogP) is 2.63. The van der Waals surface area contributed by atoms with Crippen molar-refractivity contribution in [1.29, 1.82) is 0 Å². The number of rotatable bonds is 5. The average Bonchev–Trinajstić information content (AvgIpc) is 2.48. The molecule has 1 aromatic carbocycles. The lowest BCUT2D eigenvalue weighted by Gasteiger charge is -2.31. The first-order valence-corrected chi connectivity index (χ1v) is 8.32. The number of carbonyl (C=O) groups excluding carboxylic acids is 1. The Bertz CT molecular complexity index is 492. The Labute approximate surface area is 128 Å². The second kappa shape index (κ2) is 7.66. The number of hydrogen-bond acceptors (Lipinski definition) is 5. The Hall–Kier alpha value is -1.27. The Morgan fingerprint density at radius 1 is 1.48 bits per heavy atom. The fourth-order valence-electron chi connectivity index (χ4n) is 2.42. The van der Waals surface area contributed by atoms with Crippen molar-refractivity contribution in [3.63, 3.8) is 0 Å². The summed E-state index contributed by atoms with van der Waals surface area (Å²) in [6, 6.07) is 4.95. The van der Waals surface area contributed by atoms with Gasteiger partial charge in [0.1, 0.15) is 11.9 Å². The van der Waals surface area contributed by atoms with Crippen molar-refractivity contribution >= 4 is 23.4 Å². The molecule has 1 aliphatic heterocycles. The summed E-state index contributed by atoms with van der Waals surface area (Å²) in [6.07, 6.45) is 1.22. The van der Waals surface area contributed by atoms with Crippen LogP contribution in [0.5, 0.6) is 0 Å². The first-order chi connectivity index (χ1) is 10.1. The highest BCUT2D eigenvalue weighted by molar-refractivity contribution is 7.99. The van der Waals surface area contributed by atoms with Crippen molar-refractivity contribution < 1.29 is 18.7 Å². The molecule has 1 aliphatic rings. The molecule has 0 amide bonds. The average molecular weight is 313 g/mol. The van der Waals surface area contributed by atoms with Crippen LogP contribution in [0.2, 0.25) is 0 Å². The lowest BCUT2D eigenvalue weighted by molar-refractivity contribution is -0.145. The molecule has 0 spiro atoms. The predicted molar refractivity (Wildman–Crippen MR) is 82.3 cm³/mol. The Balaban J connectivity index is 2.22. The van der Waals surface area contributed by atoms with Crippen LogP contribution in [0.15, 0.2) is 18.2 Å². The number of thioether (sulfide) groups is 1. The minimum absolute atomic E-state index is 0.270. The minimum Gasteiger partial charge on any atom is -0.457 e. The van der Waals surface area contributed by atoms with Crippen LogP contribution in [0, 0.1) is 5.82 Å². The third kappa shape index (κ3) is 4.11. The van der Waals surface area contributed by atoms with E-state index >= 15 is 0 Å². The van der Waals surface area contributed by atoms with Gasteiger partial charge >= 0.3 is 5.97 Å². The van der Waals surface area contributed by atoms with E-state index in [4.69, 9.17) is 9.47 Å². The lowest BCUT2D eigenvalue weighted by atomic mass is 10.1. The van der Waals surface area contributed by atoms with Crippen LogP contribution in [0.1, 0.15) is 18.6 Å². The lowest BCUT2D eigenvalue weighted by Crippen LogP contribution is -2.37. The summed E-state index contributed by atoms with van der Waals surface area (Å²) >= 11 is 1.39. The van der Waals surface area contributed by atoms with Crippen LogP contribution in [0.4, 0.5) is 10.1 Å². The minimum atomic E-state index is -0.608. The van der Waals surface area contributed by atoms with Crippen LogP contribution >= 0.6 is 11.8 Å². The highest BCUT2D eigenvalue weighted by Crippen LogP contribution is 2.31. The molecular formula is C15H20FNO3S. The summed E-state index contributed by atoms with van der Waals surface area (Å²) in [7, 11) is 0. The highest BCUT2D eigenvalue weighted by Gasteiger charge is 2.23. The largest absolute Gasteiger partial charge is 0.457 e. The van der Waals surface area contributed by atoms with Crippen LogP contribution in [0.25, 0.3) is 0 Å². The molecular weight excluding hydrogens is 293 g/mol. The molecule has 1 fully saturated rings. The number of nitrogens with zero attached hydrogens (tertiary/aromatic N) is 1. The van der Waals surface area contributed by atoms with Crippen molar-refractivity contribution in [2.45, 2.75) is 13.0 Å². The first-order valence-electron chi connectivity index (χ1n) is 6.93. The summed E-state index contributed by atoms with van der Waals surface area (Å²) in [4.78, 5) is 13.7. The van der Waals surface area contributed by atoms with E-state index in [0.717, 1.165) is 5.69 Å². The number of halogens is 1. The third-order valence-electron chi connectivity index (χ3n) is 3.36. The van der Waals surface area contributed by atoms with Gasteiger partial charge in [0.15, 0.2) is 0 Å². The first kappa shape index (κ1) is 16.1. The van der Waals surface area contributed by atoms with Crippen LogP contribution in [-0.4, -0.2) is 44.3 Å². The van der Waals surface area contributed by atoms with Crippen molar-refractivity contribution in [3.8, 4) is 0 Å². The van der Waals surface area contributed by atoms with Gasteiger partial charge < -0.3 is 14.4 Å². The van der Waals surface area contributed by atoms with Crippen molar-refractivity contribution in [2.75, 3.05) is 43.2 Å². The number of esters is 1. The molecule has 0 radical (unpaired) electrons. The van der Waals surface area contributed by atoms with E-state index in [9.17, 15) is 9.18 Å². The number of ether oxygens (including phenoxy) is 2. The topological polar surface area (TPSA) is 38.8 Å². The molecule has 1 heterocycles. The van der Waals surface area contributed by atoms with Gasteiger partial charge in [-0.3, -0.25) is 4.79 Å². The van der Waals surface area contributed by atoms with Gasteiger partial charge in [-0.15, -0.1) is 0 Å². The maximum Gasteiger partial charge on any atom is 0.316 e. The van der Waals surface area contributed by atoms with Crippen LogP contribution < -0.4 is 4.90 Å². The van der Waals surface area contributed by atoms with Gasteiger partial charge in [-0.25, -0.2) is 4.39 Å². The van der Waals surface area contributed by atoms with Crippen molar-refractivity contribution in [2.24, 2.45) is 0 Å². The summed E-state index contributed by atoms with van der Waals surface area (Å²) in [6.45, 7) is 4.37. The standard InChI is InChI=1S/C15H20FNO3S/c1-11(20-14(18)10-21-2)15-12(16)4-3-5-13(15)17-6-8-19-9-7-17/h3-5,11H,6-10H2,1-2H3. The molecule has 1 aromatic rings. The molecule has 1 unspecified atom stereocenters. The summed E-state index contributed by atoms with van der Waals surface area (Å²) in [5.74, 6) is -0.402. The van der Waals surface area contributed by atoms with Gasteiger partial charge in [-0.2, -0.15) is 11.8 Å². The maximum absolute atomic E-state index is 14.2. The van der Waals surface area contributed by atoms with Crippen LogP contribution in [-0.2, 0) is 14.3 Å². The third-order valence-corrected chi connectivity index (χ3v) is 3.88. The Morgan fingerprint density at radius 3 is 2.86 bits per heavy atom. The molecule has 116 valence electrons. The van der Waals surface area contributed by atoms with E-state index < -0.39 is 6.10 Å². The van der Waals surface area contributed by atoms with Gasteiger partial charge in [0.25, 0.3) is 0 Å². The molecule has 0 saturated carbocycles. The molecule has 1 atom stereocenters. The van der Waals surface area contributed by atoms with Crippen molar-refractivity contribution in [3.05, 3.63) is 29.6 Å². The van der Waals surface area contributed by atoms with Gasteiger partial charge in [-0.1, -0.05) is 6.07 Å². The number of benzene rings is 1. The maximum atomic E-state index is 14.2. The second-order valence-electron chi connectivity index (χ2n) is 4.84. The highest BCUT2D eigenvalue weighted by atomic mass is 32.2. The molecule has 21 heavy (non-hydrogen) atoms. The number of anilines is 1. The Kier molecular flexibility index (Phi) is 5.87. The number of carbonyl (C=O) groups is 1. The van der Waals surface area contributed by atoms with Gasteiger partial charge in [-0.05, 0) is 25.3 Å². The molecule has 2 rings (SSSR count). The number of morpholine rings is 1. The summed E-state index contributed by atoms with van der Waals surface area (Å²) in [5.41, 5.74) is 1.22. The van der Waals surface area contributed by atoms with E-state index in [0.29, 0.717) is 31.9 Å². The zero-order chi connectivity index (χ0) is 15.2. The van der Waals surface area contributed by atoms with Crippen LogP contribution in [0.3, 0.4) is 0 Å². The monoisotopic (exact) mass is 313 g/mol. The molecule has 6 heteroatoms. The quantitative estimate of drug-likeness (QED) is 0.781. The molecule has 0 aromatic heterocycles. The van der Waals surface area contributed by atoms with E-state index in [1.54, 1.807) is 13.0 Å². The zero-order valence-corrected chi connectivity index (χ0v) is 13.1. The smallest absolute Gasteiger partial charge is 0.316 e. The Morgan fingerprint density at radius 2 is 2.19 bits per heavy atom. The van der Waals surface area contributed by atoms with Gasteiger partial charge in [0, 0.05) is 18.8 Å². The van der Waals surface area contributed by atoms with Gasteiger partial charge in [0.2, 0.25) is 0 Å². The molecule has 0 N–H and O–H groups in total. The molecule has 1 saturated heterocycles. The normalized spacial score (nSPS) is 16.6. The molecule has 0 bridgehead atoms. The second-order valence-corrected chi connectivity index (χ2v) is 5.70. The summed E-state index contributed by atoms with van der Waals surface area (Å²) < 4.78 is 24.9. The van der Waals surface area contributed by atoms with E-state index in [1.165, 1.54) is 17.8 Å². The van der Waals surface area contributed by atoms with Gasteiger partial charge in [0.05, 0.1) is 24.5 Å².